The number of amides is 1. The first-order valence-corrected chi connectivity index (χ1v) is 10.3. The maximum absolute atomic E-state index is 12.5. The highest BCUT2D eigenvalue weighted by Crippen LogP contribution is 2.21. The fourth-order valence-corrected chi connectivity index (χ4v) is 3.50. The van der Waals surface area contributed by atoms with Crippen LogP contribution in [0.3, 0.4) is 0 Å². The number of morpholine rings is 1. The van der Waals surface area contributed by atoms with Crippen LogP contribution >= 0.6 is 0 Å². The van der Waals surface area contributed by atoms with Crippen LogP contribution in [0.2, 0.25) is 0 Å². The second-order valence-electron chi connectivity index (χ2n) is 7.36. The summed E-state index contributed by atoms with van der Waals surface area (Å²) >= 11 is 0. The number of nitrogens with zero attached hydrogens (tertiary/aromatic N) is 1. The Morgan fingerprint density at radius 2 is 1.60 bits per heavy atom. The third-order valence-electron chi connectivity index (χ3n) is 5.06. The summed E-state index contributed by atoms with van der Waals surface area (Å²) in [5, 5.41) is 2.99. The van der Waals surface area contributed by atoms with Crippen LogP contribution in [-0.4, -0.2) is 43.2 Å². The van der Waals surface area contributed by atoms with E-state index >= 15 is 0 Å². The molecule has 1 aliphatic rings. The van der Waals surface area contributed by atoms with Crippen LogP contribution in [0.1, 0.15) is 15.9 Å². The molecule has 30 heavy (non-hydrogen) atoms. The Hall–Kier alpha value is -3.15. The first-order valence-electron chi connectivity index (χ1n) is 10.3. The fraction of sp³-hybridized carbons (Fsp3) is 0.240. The molecule has 1 amide bonds. The van der Waals surface area contributed by atoms with Crippen molar-refractivity contribution in [2.24, 2.45) is 0 Å². The van der Waals surface area contributed by atoms with Crippen LogP contribution in [0.4, 0.5) is 0 Å². The molecule has 0 aliphatic carbocycles. The van der Waals surface area contributed by atoms with E-state index in [-0.39, 0.29) is 12.0 Å². The normalized spacial score (nSPS) is 16.7. The van der Waals surface area contributed by atoms with E-state index in [9.17, 15) is 4.79 Å². The van der Waals surface area contributed by atoms with Crippen molar-refractivity contribution < 1.29 is 14.3 Å². The van der Waals surface area contributed by atoms with E-state index in [2.05, 4.69) is 34.5 Å². The summed E-state index contributed by atoms with van der Waals surface area (Å²) in [4.78, 5) is 14.9. The lowest BCUT2D eigenvalue weighted by molar-refractivity contribution is -0.0292. The first kappa shape index (κ1) is 20.1. The standard InChI is InChI=1S/C25H26N2O3/c28-25(21-11-13-23(14-12-21)30-22-9-5-2-6-10-22)26-17-24-19-27(15-16-29-24)18-20-7-3-1-4-8-20/h1-14,24H,15-19H2,(H,26,28). The number of ether oxygens (including phenoxy) is 2. The molecule has 154 valence electrons. The van der Waals surface area contributed by atoms with E-state index in [4.69, 9.17) is 9.47 Å². The molecule has 1 atom stereocenters. The lowest BCUT2D eigenvalue weighted by atomic mass is 10.1. The molecule has 1 unspecified atom stereocenters. The van der Waals surface area contributed by atoms with Gasteiger partial charge in [-0.3, -0.25) is 9.69 Å². The van der Waals surface area contributed by atoms with Gasteiger partial charge in [0.25, 0.3) is 5.91 Å². The number of benzene rings is 3. The van der Waals surface area contributed by atoms with Crippen LogP contribution in [0, 0.1) is 0 Å². The quantitative estimate of drug-likeness (QED) is 0.646. The van der Waals surface area contributed by atoms with Gasteiger partial charge in [0.1, 0.15) is 11.5 Å². The second-order valence-corrected chi connectivity index (χ2v) is 7.36. The van der Waals surface area contributed by atoms with Crippen molar-refractivity contribution in [2.75, 3.05) is 26.2 Å². The second kappa shape index (κ2) is 10.1. The first-order chi connectivity index (χ1) is 14.8. The molecule has 0 spiro atoms. The van der Waals surface area contributed by atoms with Crippen LogP contribution in [0.5, 0.6) is 11.5 Å². The largest absolute Gasteiger partial charge is 0.457 e. The van der Waals surface area contributed by atoms with Crippen LogP contribution in [0.15, 0.2) is 84.9 Å². The summed E-state index contributed by atoms with van der Waals surface area (Å²) in [5.74, 6) is 1.36. The topological polar surface area (TPSA) is 50.8 Å². The number of hydrogen-bond acceptors (Lipinski definition) is 4. The molecule has 1 heterocycles. The number of hydrogen-bond donors (Lipinski definition) is 1. The number of carbonyl (C=O) groups excluding carboxylic acids is 1. The van der Waals surface area contributed by atoms with Crippen LogP contribution < -0.4 is 10.1 Å². The predicted molar refractivity (Wildman–Crippen MR) is 117 cm³/mol. The number of carbonyl (C=O) groups is 1. The average molecular weight is 402 g/mol. The Morgan fingerprint density at radius 3 is 2.33 bits per heavy atom. The molecule has 4 rings (SSSR count). The Bertz CT molecular complexity index is 930. The Morgan fingerprint density at radius 1 is 0.933 bits per heavy atom. The molecule has 5 nitrogen and oxygen atoms in total. The van der Waals surface area contributed by atoms with E-state index in [0.717, 1.165) is 25.4 Å². The molecule has 3 aromatic rings. The highest BCUT2D eigenvalue weighted by molar-refractivity contribution is 5.94. The van der Waals surface area contributed by atoms with Crippen molar-refractivity contribution in [3.8, 4) is 11.5 Å². The predicted octanol–water partition coefficient (Wildman–Crippen LogP) is 4.11. The van der Waals surface area contributed by atoms with Crippen molar-refractivity contribution >= 4 is 5.91 Å². The smallest absolute Gasteiger partial charge is 0.251 e. The summed E-state index contributed by atoms with van der Waals surface area (Å²) < 4.78 is 11.6. The Labute approximate surface area is 177 Å². The molecular formula is C25H26N2O3. The van der Waals surface area contributed by atoms with Gasteiger partial charge in [0.15, 0.2) is 0 Å². The fourth-order valence-electron chi connectivity index (χ4n) is 3.50. The third-order valence-corrected chi connectivity index (χ3v) is 5.06. The van der Waals surface area contributed by atoms with Crippen molar-refractivity contribution in [2.45, 2.75) is 12.6 Å². The summed E-state index contributed by atoms with van der Waals surface area (Å²) in [6, 6.07) is 27.2. The van der Waals surface area contributed by atoms with E-state index in [1.54, 1.807) is 24.3 Å². The highest BCUT2D eigenvalue weighted by atomic mass is 16.5. The monoisotopic (exact) mass is 402 g/mol. The van der Waals surface area contributed by atoms with Gasteiger partial charge >= 0.3 is 0 Å². The van der Waals surface area contributed by atoms with Crippen molar-refractivity contribution in [1.82, 2.24) is 10.2 Å². The molecule has 1 saturated heterocycles. The maximum Gasteiger partial charge on any atom is 0.251 e. The summed E-state index contributed by atoms with van der Waals surface area (Å²) in [7, 11) is 0. The molecule has 0 bridgehead atoms. The zero-order chi connectivity index (χ0) is 20.6. The van der Waals surface area contributed by atoms with E-state index in [1.807, 2.05) is 36.4 Å². The summed E-state index contributed by atoms with van der Waals surface area (Å²) in [6.07, 6.45) is -0.00732. The molecule has 0 radical (unpaired) electrons. The number of rotatable bonds is 7. The van der Waals surface area contributed by atoms with Gasteiger partial charge < -0.3 is 14.8 Å². The highest BCUT2D eigenvalue weighted by Gasteiger charge is 2.21. The van der Waals surface area contributed by atoms with Gasteiger partial charge in [-0.1, -0.05) is 48.5 Å². The van der Waals surface area contributed by atoms with Crippen molar-refractivity contribution in [3.05, 3.63) is 96.1 Å². The van der Waals surface area contributed by atoms with Crippen molar-refractivity contribution in [3.63, 3.8) is 0 Å². The lowest BCUT2D eigenvalue weighted by Crippen LogP contribution is -2.47. The van der Waals surface area contributed by atoms with Crippen LogP contribution in [0.25, 0.3) is 0 Å². The molecule has 1 fully saturated rings. The van der Waals surface area contributed by atoms with Gasteiger partial charge in [-0.2, -0.15) is 0 Å². The minimum Gasteiger partial charge on any atom is -0.457 e. The molecule has 3 aromatic carbocycles. The van der Waals surface area contributed by atoms with Crippen LogP contribution in [-0.2, 0) is 11.3 Å². The van der Waals surface area contributed by atoms with Gasteiger partial charge in [-0.05, 0) is 42.0 Å². The molecule has 1 N–H and O–H groups in total. The number of nitrogens with one attached hydrogen (secondary N) is 1. The Kier molecular flexibility index (Phi) is 6.75. The van der Waals surface area contributed by atoms with Gasteiger partial charge in [0.2, 0.25) is 0 Å². The van der Waals surface area contributed by atoms with Gasteiger partial charge in [0, 0.05) is 31.7 Å². The zero-order valence-corrected chi connectivity index (χ0v) is 16.9. The van der Waals surface area contributed by atoms with E-state index < -0.39 is 0 Å². The number of para-hydroxylation sites is 1. The van der Waals surface area contributed by atoms with Gasteiger partial charge in [0.05, 0.1) is 12.7 Å². The van der Waals surface area contributed by atoms with Gasteiger partial charge in [-0.15, -0.1) is 0 Å². The van der Waals surface area contributed by atoms with Crippen molar-refractivity contribution in [1.29, 1.82) is 0 Å². The molecule has 5 heteroatoms. The molecular weight excluding hydrogens is 376 g/mol. The minimum absolute atomic E-state index is 0.00732. The van der Waals surface area contributed by atoms with E-state index in [0.29, 0.717) is 24.5 Å². The zero-order valence-electron chi connectivity index (χ0n) is 16.9. The lowest BCUT2D eigenvalue weighted by Gasteiger charge is -2.33. The molecule has 0 saturated carbocycles. The van der Waals surface area contributed by atoms with E-state index in [1.165, 1.54) is 5.56 Å². The van der Waals surface area contributed by atoms with Gasteiger partial charge in [-0.25, -0.2) is 0 Å². The summed E-state index contributed by atoms with van der Waals surface area (Å²) in [6.45, 7) is 3.78. The molecule has 0 aromatic heterocycles. The Balaban J connectivity index is 1.25. The maximum atomic E-state index is 12.5. The SMILES string of the molecule is O=C(NCC1CN(Cc2ccccc2)CCO1)c1ccc(Oc2ccccc2)cc1. The summed E-state index contributed by atoms with van der Waals surface area (Å²) in [5.41, 5.74) is 1.90. The average Bonchev–Trinajstić information content (AvgIpc) is 2.80. The minimum atomic E-state index is -0.106. The molecule has 1 aliphatic heterocycles. The third kappa shape index (κ3) is 5.69.